The molecule has 6 rings (SSSR count). The number of benzene rings is 3. The molecular weight excluding hydrogens is 569 g/mol. The van der Waals surface area contributed by atoms with E-state index in [0.717, 1.165) is 35.0 Å². The topological polar surface area (TPSA) is 122 Å². The van der Waals surface area contributed by atoms with Crippen molar-refractivity contribution in [3.8, 4) is 17.4 Å². The Labute approximate surface area is 247 Å². The number of fused-ring (bicyclic) bond motifs is 2. The van der Waals surface area contributed by atoms with Crippen LogP contribution in [0.2, 0.25) is 0 Å². The van der Waals surface area contributed by atoms with E-state index in [1.54, 1.807) is 18.2 Å². The molecule has 0 saturated carbocycles. The molecule has 0 saturated heterocycles. The van der Waals surface area contributed by atoms with Gasteiger partial charge >= 0.3 is 0 Å². The third-order valence-corrected chi connectivity index (χ3v) is 8.97. The largest absolute Gasteiger partial charge is 0.455 e. The van der Waals surface area contributed by atoms with Crippen LogP contribution in [0.4, 0.5) is 15.9 Å². The van der Waals surface area contributed by atoms with Gasteiger partial charge in [0.15, 0.2) is 0 Å². The van der Waals surface area contributed by atoms with Gasteiger partial charge in [-0.05, 0) is 60.9 Å². The van der Waals surface area contributed by atoms with E-state index in [1.807, 2.05) is 29.3 Å². The second-order valence-corrected chi connectivity index (χ2v) is 12.5. The number of rotatable bonds is 6. The molecule has 0 fully saturated rings. The van der Waals surface area contributed by atoms with Crippen molar-refractivity contribution in [2.75, 3.05) is 36.1 Å². The van der Waals surface area contributed by atoms with Gasteiger partial charge in [-0.3, -0.25) is 9.10 Å². The van der Waals surface area contributed by atoms with Crippen LogP contribution in [0, 0.1) is 17.1 Å². The first-order valence-corrected chi connectivity index (χ1v) is 15.5. The number of halogens is 1. The maximum absolute atomic E-state index is 13.7. The van der Waals surface area contributed by atoms with E-state index in [0.29, 0.717) is 46.3 Å². The maximum Gasteiger partial charge on any atom is 0.255 e. The number of carbonyl (C=O) groups excluding carboxylic acids is 1. The number of allylic oxidation sites excluding steroid dienone is 1. The van der Waals surface area contributed by atoms with Crippen LogP contribution in [0.1, 0.15) is 34.3 Å². The van der Waals surface area contributed by atoms with Crippen LogP contribution in [-0.2, 0) is 10.0 Å². The minimum atomic E-state index is -3.66. The first-order chi connectivity index (χ1) is 20.6. The number of hydrogen-bond donors (Lipinski definition) is 2. The molecule has 1 aliphatic heterocycles. The molecule has 0 bridgehead atoms. The Kier molecular flexibility index (Phi) is 6.94. The molecule has 0 atom stereocenters. The van der Waals surface area contributed by atoms with Crippen LogP contribution in [0.15, 0.2) is 71.3 Å². The highest BCUT2D eigenvalue weighted by Gasteiger charge is 2.27. The van der Waals surface area contributed by atoms with Gasteiger partial charge in [0, 0.05) is 54.8 Å². The first-order valence-electron chi connectivity index (χ1n) is 13.6. The zero-order valence-electron chi connectivity index (χ0n) is 23.7. The summed E-state index contributed by atoms with van der Waals surface area (Å²) in [4.78, 5) is 18.6. The van der Waals surface area contributed by atoms with Gasteiger partial charge in [0.1, 0.15) is 29.0 Å². The van der Waals surface area contributed by atoms with E-state index >= 15 is 0 Å². The molecule has 5 aromatic rings. The number of anilines is 2. The fourth-order valence-electron chi connectivity index (χ4n) is 5.52. The van der Waals surface area contributed by atoms with Gasteiger partial charge in [0.2, 0.25) is 10.0 Å². The van der Waals surface area contributed by atoms with Crippen LogP contribution in [0.5, 0.6) is 0 Å². The maximum atomic E-state index is 13.7. The molecule has 11 heteroatoms. The third-order valence-electron chi connectivity index (χ3n) is 7.78. The molecule has 43 heavy (non-hydrogen) atoms. The molecule has 1 amide bonds. The lowest BCUT2D eigenvalue weighted by Gasteiger charge is -2.28. The fourth-order valence-corrected chi connectivity index (χ4v) is 6.03. The summed E-state index contributed by atoms with van der Waals surface area (Å²) in [5.74, 6) is 0.249. The summed E-state index contributed by atoms with van der Waals surface area (Å²) >= 11 is 0. The van der Waals surface area contributed by atoms with Gasteiger partial charge < -0.3 is 19.6 Å². The Morgan fingerprint density at radius 2 is 1.93 bits per heavy atom. The minimum Gasteiger partial charge on any atom is -0.455 e. The molecular formula is C32H28FN5O4S. The van der Waals surface area contributed by atoms with Gasteiger partial charge in [0.25, 0.3) is 5.91 Å². The number of nitrogens with zero attached hydrogens (tertiary/aromatic N) is 3. The number of aromatic amines is 1. The summed E-state index contributed by atoms with van der Waals surface area (Å²) < 4.78 is 46.6. The van der Waals surface area contributed by atoms with Crippen LogP contribution < -0.4 is 14.5 Å². The van der Waals surface area contributed by atoms with Gasteiger partial charge in [-0.25, -0.2) is 12.8 Å². The van der Waals surface area contributed by atoms with Crippen molar-refractivity contribution in [3.63, 3.8) is 0 Å². The van der Waals surface area contributed by atoms with Crippen molar-refractivity contribution in [2.24, 2.45) is 0 Å². The summed E-state index contributed by atoms with van der Waals surface area (Å²) in [6, 6.07) is 18.8. The lowest BCUT2D eigenvalue weighted by Crippen LogP contribution is -2.27. The summed E-state index contributed by atoms with van der Waals surface area (Å²) in [5, 5.41) is 13.6. The monoisotopic (exact) mass is 597 g/mol. The predicted molar refractivity (Wildman–Crippen MR) is 166 cm³/mol. The number of aromatic nitrogens is 1. The van der Waals surface area contributed by atoms with E-state index in [-0.39, 0.29) is 17.2 Å². The lowest BCUT2D eigenvalue weighted by atomic mass is 9.94. The van der Waals surface area contributed by atoms with Crippen molar-refractivity contribution in [3.05, 3.63) is 89.4 Å². The summed E-state index contributed by atoms with van der Waals surface area (Å²) in [5.41, 5.74) is 4.30. The number of carbonyl (C=O) groups is 1. The van der Waals surface area contributed by atoms with E-state index in [1.165, 1.54) is 42.7 Å². The van der Waals surface area contributed by atoms with Crippen LogP contribution in [0.25, 0.3) is 38.8 Å². The molecule has 0 radical (unpaired) electrons. The molecule has 1 aliphatic rings. The molecule has 2 N–H and O–H groups in total. The molecule has 218 valence electrons. The average Bonchev–Trinajstić information content (AvgIpc) is 3.61. The normalized spacial score (nSPS) is 13.7. The highest BCUT2D eigenvalue weighted by molar-refractivity contribution is 7.92. The van der Waals surface area contributed by atoms with Gasteiger partial charge in [0.05, 0.1) is 28.6 Å². The van der Waals surface area contributed by atoms with E-state index in [2.05, 4.69) is 16.4 Å². The molecule has 2 aromatic heterocycles. The SMILES string of the molecule is CNC(=O)c1c(-c2ccc(F)cc2)oc2cc(N(C)S(C)(=O)=O)c(C3=CN(c4cc5cccc(C#N)c5[nH]4)CCC3)cc12. The molecule has 3 aromatic carbocycles. The Balaban J connectivity index is 1.56. The predicted octanol–water partition coefficient (Wildman–Crippen LogP) is 5.99. The van der Waals surface area contributed by atoms with Crippen molar-refractivity contribution in [1.82, 2.24) is 10.3 Å². The third kappa shape index (κ3) is 5.00. The molecule has 9 nitrogen and oxygen atoms in total. The second kappa shape index (κ2) is 10.6. The number of nitrogens with one attached hydrogen (secondary N) is 2. The highest BCUT2D eigenvalue weighted by Crippen LogP contribution is 2.42. The minimum absolute atomic E-state index is 0.255. The number of para-hydroxylation sites is 1. The highest BCUT2D eigenvalue weighted by atomic mass is 32.2. The number of hydrogen-bond acceptors (Lipinski definition) is 6. The van der Waals surface area contributed by atoms with E-state index < -0.39 is 15.8 Å². The first kappa shape index (κ1) is 28.1. The quantitative estimate of drug-likeness (QED) is 0.248. The zero-order valence-corrected chi connectivity index (χ0v) is 24.5. The van der Waals surface area contributed by atoms with E-state index in [4.69, 9.17) is 4.42 Å². The van der Waals surface area contributed by atoms with Crippen molar-refractivity contribution in [1.29, 1.82) is 5.26 Å². The number of sulfonamides is 1. The van der Waals surface area contributed by atoms with Gasteiger partial charge in [-0.15, -0.1) is 0 Å². The summed E-state index contributed by atoms with van der Waals surface area (Å²) in [6.45, 7) is 0.710. The van der Waals surface area contributed by atoms with Crippen LogP contribution in [0.3, 0.4) is 0 Å². The van der Waals surface area contributed by atoms with E-state index in [9.17, 15) is 22.9 Å². The fraction of sp³-hybridized carbons (Fsp3) is 0.188. The Hall–Kier alpha value is -5.08. The van der Waals surface area contributed by atoms with Crippen LogP contribution >= 0.6 is 0 Å². The van der Waals surface area contributed by atoms with Crippen molar-refractivity contribution >= 4 is 54.9 Å². The number of H-pyrrole nitrogens is 1. The standard InChI is InChI=1S/C32H28FN5O4S/c1-35-32(39)29-25-15-24(22-8-5-13-38(18-22)28-14-20-6-4-7-21(17-34)30(20)36-28)26(37(2)43(3,40)41)16-27(25)42-31(29)19-9-11-23(33)12-10-19/h4,6-7,9-12,14-16,18,36H,5,8,13H2,1-3H3,(H,35,39). The summed E-state index contributed by atoms with van der Waals surface area (Å²) in [6.07, 6.45) is 4.54. The number of furan rings is 1. The van der Waals surface area contributed by atoms with Crippen LogP contribution in [-0.4, -0.2) is 46.2 Å². The Morgan fingerprint density at radius 1 is 1.16 bits per heavy atom. The molecule has 0 spiro atoms. The Bertz CT molecular complexity index is 2090. The summed E-state index contributed by atoms with van der Waals surface area (Å²) in [7, 11) is -0.671. The second-order valence-electron chi connectivity index (χ2n) is 10.5. The van der Waals surface area contributed by atoms with Crippen molar-refractivity contribution in [2.45, 2.75) is 12.8 Å². The molecule has 0 unspecified atom stereocenters. The van der Waals surface area contributed by atoms with Gasteiger partial charge in [-0.2, -0.15) is 5.26 Å². The zero-order chi connectivity index (χ0) is 30.5. The molecule has 3 heterocycles. The molecule has 0 aliphatic carbocycles. The van der Waals surface area contributed by atoms with Crippen molar-refractivity contribution < 1.29 is 22.0 Å². The van der Waals surface area contributed by atoms with Gasteiger partial charge in [-0.1, -0.05) is 12.1 Å². The lowest BCUT2D eigenvalue weighted by molar-refractivity contribution is 0.0964. The average molecular weight is 598 g/mol. The number of nitriles is 1. The smallest absolute Gasteiger partial charge is 0.255 e. The number of amides is 1. The Morgan fingerprint density at radius 3 is 2.63 bits per heavy atom.